The van der Waals surface area contributed by atoms with Crippen molar-refractivity contribution in [3.8, 4) is 0 Å². The number of hydrogen-bond donors (Lipinski definition) is 2. The van der Waals surface area contributed by atoms with Gasteiger partial charge in [-0.05, 0) is 30.9 Å². The molecular weight excluding hydrogens is 324 g/mol. The molecule has 142 valence electrons. The van der Waals surface area contributed by atoms with Crippen LogP contribution in [0.4, 0.5) is 0 Å². The Kier molecular flexibility index (Phi) is 6.33. The van der Waals surface area contributed by atoms with Gasteiger partial charge in [0.25, 0.3) is 0 Å². The van der Waals surface area contributed by atoms with Crippen LogP contribution in [0.2, 0.25) is 0 Å². The fraction of sp³-hybridized carbons (Fsp3) is 0.571. The van der Waals surface area contributed by atoms with E-state index < -0.39 is 0 Å². The lowest BCUT2D eigenvalue weighted by Crippen LogP contribution is -2.54. The molecule has 5 nitrogen and oxygen atoms in total. The van der Waals surface area contributed by atoms with Gasteiger partial charge in [-0.15, -0.1) is 0 Å². The van der Waals surface area contributed by atoms with Gasteiger partial charge in [0, 0.05) is 56.4 Å². The van der Waals surface area contributed by atoms with Gasteiger partial charge in [-0.25, -0.2) is 0 Å². The van der Waals surface area contributed by atoms with Crippen LogP contribution in [-0.4, -0.2) is 66.0 Å². The number of fused-ring (bicyclic) bond motifs is 1. The predicted octanol–water partition coefficient (Wildman–Crippen LogP) is 2.49. The first-order valence-electron chi connectivity index (χ1n) is 9.83. The normalized spacial score (nSPS) is 17.7. The summed E-state index contributed by atoms with van der Waals surface area (Å²) in [6.45, 7) is 12.5. The van der Waals surface area contributed by atoms with Gasteiger partial charge in [0.05, 0.1) is 6.04 Å². The summed E-state index contributed by atoms with van der Waals surface area (Å²) in [5, 5.41) is 4.36. The molecule has 0 spiro atoms. The average molecular weight is 357 g/mol. The van der Waals surface area contributed by atoms with Crippen molar-refractivity contribution in [3.05, 3.63) is 36.0 Å². The van der Waals surface area contributed by atoms with Gasteiger partial charge < -0.3 is 15.2 Å². The second-order valence-corrected chi connectivity index (χ2v) is 7.81. The van der Waals surface area contributed by atoms with Gasteiger partial charge >= 0.3 is 0 Å². The molecule has 1 aromatic carbocycles. The molecule has 1 unspecified atom stereocenters. The first-order valence-corrected chi connectivity index (χ1v) is 9.83. The number of carbonyl (C=O) groups is 1. The second-order valence-electron chi connectivity index (χ2n) is 7.81. The minimum Gasteiger partial charge on any atom is -0.361 e. The molecule has 1 fully saturated rings. The smallest absolute Gasteiger partial charge is 0.237 e. The molecule has 3 rings (SSSR count). The third-order valence-electron chi connectivity index (χ3n) is 5.33. The Labute approximate surface area is 156 Å². The van der Waals surface area contributed by atoms with Crippen molar-refractivity contribution in [2.75, 3.05) is 39.3 Å². The van der Waals surface area contributed by atoms with Crippen LogP contribution in [0.15, 0.2) is 30.5 Å². The molecular formula is C21H32N4O. The summed E-state index contributed by atoms with van der Waals surface area (Å²) in [5.74, 6) is 0.842. The molecule has 2 aromatic rings. The number of aromatic nitrogens is 1. The lowest BCUT2D eigenvalue weighted by Gasteiger charge is -2.38. The van der Waals surface area contributed by atoms with Gasteiger partial charge in [0.1, 0.15) is 0 Å². The van der Waals surface area contributed by atoms with Crippen molar-refractivity contribution in [1.29, 1.82) is 0 Å². The van der Waals surface area contributed by atoms with E-state index in [2.05, 4.69) is 52.1 Å². The number of hydrogen-bond acceptors (Lipinski definition) is 3. The molecule has 1 aliphatic heterocycles. The third kappa shape index (κ3) is 4.65. The quantitative estimate of drug-likeness (QED) is 0.801. The minimum absolute atomic E-state index is 0.0563. The monoisotopic (exact) mass is 356 g/mol. The van der Waals surface area contributed by atoms with Crippen LogP contribution in [0.5, 0.6) is 0 Å². The number of rotatable bonds is 7. The summed E-state index contributed by atoms with van der Waals surface area (Å²) in [5.41, 5.74) is 2.41. The fourth-order valence-corrected chi connectivity index (χ4v) is 3.82. The Balaban J connectivity index is 1.43. The van der Waals surface area contributed by atoms with Crippen molar-refractivity contribution in [3.63, 3.8) is 0 Å². The maximum atomic E-state index is 12.5. The maximum absolute atomic E-state index is 12.5. The summed E-state index contributed by atoms with van der Waals surface area (Å²) >= 11 is 0. The summed E-state index contributed by atoms with van der Waals surface area (Å²) in [6.07, 6.45) is 2.90. The van der Waals surface area contributed by atoms with Crippen molar-refractivity contribution in [1.82, 2.24) is 20.1 Å². The van der Waals surface area contributed by atoms with Crippen molar-refractivity contribution >= 4 is 16.8 Å². The molecule has 0 radical (unpaired) electrons. The van der Waals surface area contributed by atoms with E-state index in [1.165, 1.54) is 10.9 Å². The number of piperazine rings is 1. The Morgan fingerprint density at radius 2 is 1.88 bits per heavy atom. The van der Waals surface area contributed by atoms with E-state index in [1.807, 2.05) is 19.2 Å². The van der Waals surface area contributed by atoms with Gasteiger partial charge in [-0.3, -0.25) is 9.69 Å². The highest BCUT2D eigenvalue weighted by molar-refractivity contribution is 5.83. The van der Waals surface area contributed by atoms with Crippen molar-refractivity contribution in [2.24, 2.45) is 5.92 Å². The zero-order valence-electron chi connectivity index (χ0n) is 16.3. The maximum Gasteiger partial charge on any atom is 0.237 e. The Hall–Kier alpha value is -1.85. The molecule has 0 aliphatic carbocycles. The van der Waals surface area contributed by atoms with Gasteiger partial charge in [0.15, 0.2) is 0 Å². The van der Waals surface area contributed by atoms with E-state index in [1.54, 1.807) is 0 Å². The first-order chi connectivity index (χ1) is 12.5. The lowest BCUT2D eigenvalue weighted by molar-refractivity contribution is -0.126. The second kappa shape index (κ2) is 8.69. The molecule has 1 aliphatic rings. The molecule has 2 N–H and O–H groups in total. The van der Waals surface area contributed by atoms with Gasteiger partial charge in [-0.2, -0.15) is 0 Å². The molecule has 0 saturated carbocycles. The van der Waals surface area contributed by atoms with Crippen LogP contribution in [0.3, 0.4) is 0 Å². The number of nitrogens with one attached hydrogen (secondary N) is 2. The Bertz CT molecular complexity index is 716. The zero-order valence-corrected chi connectivity index (χ0v) is 16.3. The molecule has 5 heteroatoms. The van der Waals surface area contributed by atoms with Crippen LogP contribution in [0, 0.1) is 5.92 Å². The van der Waals surface area contributed by atoms with E-state index >= 15 is 0 Å². The number of amides is 1. The van der Waals surface area contributed by atoms with Crippen LogP contribution in [0.25, 0.3) is 10.9 Å². The molecule has 2 heterocycles. The van der Waals surface area contributed by atoms with E-state index in [4.69, 9.17) is 0 Å². The molecule has 1 amide bonds. The highest BCUT2D eigenvalue weighted by Gasteiger charge is 2.25. The predicted molar refractivity (Wildman–Crippen MR) is 107 cm³/mol. The Morgan fingerprint density at radius 3 is 2.62 bits per heavy atom. The number of carbonyl (C=O) groups excluding carboxylic acids is 1. The topological polar surface area (TPSA) is 51.4 Å². The number of aromatic amines is 1. The minimum atomic E-state index is -0.0563. The molecule has 1 saturated heterocycles. The zero-order chi connectivity index (χ0) is 18.5. The number of benzene rings is 1. The van der Waals surface area contributed by atoms with Crippen molar-refractivity contribution in [2.45, 2.75) is 33.2 Å². The number of para-hydroxylation sites is 1. The number of H-pyrrole nitrogens is 1. The van der Waals surface area contributed by atoms with Gasteiger partial charge in [-0.1, -0.05) is 32.0 Å². The van der Waals surface area contributed by atoms with E-state index in [0.717, 1.165) is 44.7 Å². The summed E-state index contributed by atoms with van der Waals surface area (Å²) < 4.78 is 0. The number of nitrogens with zero attached hydrogens (tertiary/aromatic N) is 2. The van der Waals surface area contributed by atoms with E-state index in [9.17, 15) is 4.79 Å². The average Bonchev–Trinajstić information content (AvgIpc) is 3.04. The summed E-state index contributed by atoms with van der Waals surface area (Å²) in [7, 11) is 0. The summed E-state index contributed by atoms with van der Waals surface area (Å²) in [6, 6.07) is 8.24. The van der Waals surface area contributed by atoms with Crippen LogP contribution in [0.1, 0.15) is 26.3 Å². The van der Waals surface area contributed by atoms with E-state index in [0.29, 0.717) is 12.5 Å². The SMILES string of the molecule is CC(C)CN1CCN(C(C)C(=O)NCCc2c[nH]c3ccccc23)CC1. The van der Waals surface area contributed by atoms with Gasteiger partial charge in [0.2, 0.25) is 5.91 Å². The highest BCUT2D eigenvalue weighted by atomic mass is 16.2. The largest absolute Gasteiger partial charge is 0.361 e. The molecule has 1 aromatic heterocycles. The summed E-state index contributed by atoms with van der Waals surface area (Å²) in [4.78, 5) is 20.6. The van der Waals surface area contributed by atoms with E-state index in [-0.39, 0.29) is 11.9 Å². The molecule has 26 heavy (non-hydrogen) atoms. The highest BCUT2D eigenvalue weighted by Crippen LogP contribution is 2.17. The van der Waals surface area contributed by atoms with Crippen LogP contribution >= 0.6 is 0 Å². The Morgan fingerprint density at radius 1 is 1.15 bits per heavy atom. The third-order valence-corrected chi connectivity index (χ3v) is 5.33. The lowest BCUT2D eigenvalue weighted by atomic mass is 10.1. The fourth-order valence-electron chi connectivity index (χ4n) is 3.82. The van der Waals surface area contributed by atoms with Crippen LogP contribution < -0.4 is 5.32 Å². The first kappa shape index (κ1) is 18.9. The molecule has 1 atom stereocenters. The van der Waals surface area contributed by atoms with Crippen molar-refractivity contribution < 1.29 is 4.79 Å². The molecule has 0 bridgehead atoms. The standard InChI is InChI=1S/C21H32N4O/c1-16(2)15-24-10-12-25(13-11-24)17(3)21(26)22-9-8-18-14-23-20-7-5-4-6-19(18)20/h4-7,14,16-17,23H,8-13,15H2,1-3H3,(H,22,26). The van der Waals surface area contributed by atoms with Crippen LogP contribution in [-0.2, 0) is 11.2 Å².